The highest BCUT2D eigenvalue weighted by Gasteiger charge is 2.61. The first-order valence-electron chi connectivity index (χ1n) is 9.66. The lowest BCUT2D eigenvalue weighted by molar-refractivity contribution is -0.119. The van der Waals surface area contributed by atoms with Gasteiger partial charge in [0.1, 0.15) is 23.1 Å². The van der Waals surface area contributed by atoms with Crippen molar-refractivity contribution in [3.63, 3.8) is 0 Å². The Morgan fingerprint density at radius 3 is 2.77 bits per heavy atom. The largest absolute Gasteiger partial charge is 0.342 e. The lowest BCUT2D eigenvalue weighted by Gasteiger charge is -2.24. The summed E-state index contributed by atoms with van der Waals surface area (Å²) >= 11 is 0. The molecule has 2 heterocycles. The van der Waals surface area contributed by atoms with Crippen molar-refractivity contribution in [1.82, 2.24) is 15.0 Å². The highest BCUT2D eigenvalue weighted by molar-refractivity contribution is 6.02. The second kappa shape index (κ2) is 7.27. The monoisotopic (exact) mass is 428 g/mol. The number of aryl methyl sites for hydroxylation is 2. The minimum atomic E-state index is -3.01. The molecule has 0 aliphatic heterocycles. The third-order valence-corrected chi connectivity index (χ3v) is 5.47. The fourth-order valence-electron chi connectivity index (χ4n) is 3.70. The highest BCUT2D eigenvalue weighted by Crippen LogP contribution is 2.49. The van der Waals surface area contributed by atoms with Gasteiger partial charge >= 0.3 is 0 Å². The van der Waals surface area contributed by atoms with Gasteiger partial charge in [-0.05, 0) is 31.0 Å². The number of hydrogen-bond donors (Lipinski definition) is 2. The van der Waals surface area contributed by atoms with Gasteiger partial charge in [0.25, 0.3) is 5.92 Å². The number of alkyl halides is 2. The smallest absolute Gasteiger partial charge is 0.260 e. The van der Waals surface area contributed by atoms with E-state index in [4.69, 9.17) is 5.26 Å². The highest BCUT2D eigenvalue weighted by atomic mass is 19.3. The molecule has 1 atom stereocenters. The first-order chi connectivity index (χ1) is 14.7. The number of carbonyl (C=O) groups excluding carboxylic acids is 1. The zero-order valence-electron chi connectivity index (χ0n) is 17.1. The summed E-state index contributed by atoms with van der Waals surface area (Å²) in [6.07, 6.45) is 1.38. The molecular formula is C21H19F3N6O. The van der Waals surface area contributed by atoms with Crippen LogP contribution in [0.3, 0.4) is 0 Å². The molecule has 1 fully saturated rings. The van der Waals surface area contributed by atoms with E-state index < -0.39 is 30.0 Å². The maximum absolute atomic E-state index is 14.9. The van der Waals surface area contributed by atoms with Crippen LogP contribution in [0.5, 0.6) is 0 Å². The summed E-state index contributed by atoms with van der Waals surface area (Å²) in [5, 5.41) is 11.6. The van der Waals surface area contributed by atoms with Crippen LogP contribution in [0.2, 0.25) is 0 Å². The number of fused-ring (bicyclic) bond motifs is 1. The number of aromatic amines is 1. The van der Waals surface area contributed by atoms with Gasteiger partial charge in [-0.25, -0.2) is 23.1 Å². The van der Waals surface area contributed by atoms with Crippen LogP contribution < -0.4 is 10.2 Å². The molecule has 1 aromatic carbocycles. The zero-order valence-corrected chi connectivity index (χ0v) is 17.1. The number of imidazole rings is 1. The number of H-pyrrole nitrogens is 1. The predicted molar refractivity (Wildman–Crippen MR) is 109 cm³/mol. The molecule has 0 saturated heterocycles. The van der Waals surface area contributed by atoms with Gasteiger partial charge in [-0.15, -0.1) is 0 Å². The summed E-state index contributed by atoms with van der Waals surface area (Å²) in [5.41, 5.74) is 2.52. The van der Waals surface area contributed by atoms with Crippen LogP contribution in [0, 0.1) is 30.0 Å². The molecule has 4 rings (SSSR count). The molecule has 0 spiro atoms. The first kappa shape index (κ1) is 20.7. The van der Waals surface area contributed by atoms with E-state index >= 15 is 0 Å². The fourth-order valence-corrected chi connectivity index (χ4v) is 3.70. The van der Waals surface area contributed by atoms with Gasteiger partial charge in [0, 0.05) is 19.0 Å². The molecule has 0 radical (unpaired) electrons. The number of carbonyl (C=O) groups is 1. The average Bonchev–Trinajstić information content (AvgIpc) is 3.13. The molecule has 3 aromatic rings. The molecular weight excluding hydrogens is 409 g/mol. The number of aromatic nitrogens is 3. The Bertz CT molecular complexity index is 1250. The number of amides is 1. The number of anilines is 3. The maximum Gasteiger partial charge on any atom is 0.260 e. The van der Waals surface area contributed by atoms with Crippen molar-refractivity contribution in [3.05, 3.63) is 41.0 Å². The summed E-state index contributed by atoms with van der Waals surface area (Å²) in [4.78, 5) is 25.3. The lowest BCUT2D eigenvalue weighted by Crippen LogP contribution is -2.21. The molecule has 1 aliphatic rings. The minimum absolute atomic E-state index is 0.0414. The van der Waals surface area contributed by atoms with Gasteiger partial charge in [0.15, 0.2) is 5.82 Å². The van der Waals surface area contributed by atoms with Crippen LogP contribution in [0.4, 0.5) is 30.5 Å². The molecule has 31 heavy (non-hydrogen) atoms. The van der Waals surface area contributed by atoms with E-state index in [2.05, 4.69) is 20.3 Å². The molecule has 1 amide bonds. The number of halogens is 3. The van der Waals surface area contributed by atoms with E-state index in [9.17, 15) is 18.0 Å². The van der Waals surface area contributed by atoms with Crippen molar-refractivity contribution in [2.24, 2.45) is 5.92 Å². The molecule has 2 aromatic heterocycles. The van der Waals surface area contributed by atoms with Crippen LogP contribution in [0.25, 0.3) is 11.0 Å². The van der Waals surface area contributed by atoms with Crippen molar-refractivity contribution in [2.45, 2.75) is 32.6 Å². The van der Waals surface area contributed by atoms with Gasteiger partial charge in [0.2, 0.25) is 5.91 Å². The number of nitrogens with zero attached hydrogens (tertiary/aromatic N) is 4. The van der Waals surface area contributed by atoms with E-state index in [-0.39, 0.29) is 17.1 Å². The van der Waals surface area contributed by atoms with E-state index in [0.717, 1.165) is 6.07 Å². The van der Waals surface area contributed by atoms with Crippen molar-refractivity contribution in [2.75, 3.05) is 17.3 Å². The van der Waals surface area contributed by atoms with Crippen LogP contribution in [-0.4, -0.2) is 33.8 Å². The third kappa shape index (κ3) is 3.46. The van der Waals surface area contributed by atoms with Gasteiger partial charge in [-0.3, -0.25) is 4.79 Å². The Balaban J connectivity index is 1.81. The van der Waals surface area contributed by atoms with Crippen LogP contribution >= 0.6 is 0 Å². The van der Waals surface area contributed by atoms with Gasteiger partial charge in [-0.2, -0.15) is 5.26 Å². The van der Waals surface area contributed by atoms with Gasteiger partial charge in [0.05, 0.1) is 29.2 Å². The topological polar surface area (TPSA) is 97.7 Å². The Hall–Kier alpha value is -3.61. The van der Waals surface area contributed by atoms with E-state index in [0.29, 0.717) is 34.4 Å². The second-order valence-electron chi connectivity index (χ2n) is 7.53. The van der Waals surface area contributed by atoms with Gasteiger partial charge < -0.3 is 15.2 Å². The first-order valence-corrected chi connectivity index (χ1v) is 9.66. The van der Waals surface area contributed by atoms with Crippen LogP contribution in [-0.2, 0) is 11.2 Å². The number of rotatable bonds is 5. The Labute approximate surface area is 175 Å². The van der Waals surface area contributed by atoms with Crippen LogP contribution in [0.15, 0.2) is 18.5 Å². The number of nitrogens with one attached hydrogen (secondary N) is 2. The maximum atomic E-state index is 14.9. The second-order valence-corrected chi connectivity index (χ2v) is 7.53. The third-order valence-electron chi connectivity index (χ3n) is 5.47. The summed E-state index contributed by atoms with van der Waals surface area (Å²) in [6, 6.07) is 4.69. The molecule has 1 aliphatic carbocycles. The van der Waals surface area contributed by atoms with E-state index in [1.807, 2.05) is 13.0 Å². The fraction of sp³-hybridized carbons (Fsp3) is 0.333. The van der Waals surface area contributed by atoms with E-state index in [1.165, 1.54) is 11.2 Å². The summed E-state index contributed by atoms with van der Waals surface area (Å²) in [6.45, 7) is 3.59. The Kier molecular flexibility index (Phi) is 4.84. The molecule has 10 heteroatoms. The lowest BCUT2D eigenvalue weighted by atomic mass is 10.0. The van der Waals surface area contributed by atoms with Crippen molar-refractivity contribution >= 4 is 34.3 Å². The molecule has 7 nitrogen and oxygen atoms in total. The normalized spacial score (nSPS) is 16.7. The van der Waals surface area contributed by atoms with Crippen LogP contribution in [0.1, 0.15) is 30.0 Å². The summed E-state index contributed by atoms with van der Waals surface area (Å²) < 4.78 is 41.5. The summed E-state index contributed by atoms with van der Waals surface area (Å²) in [7, 11) is 1.61. The van der Waals surface area contributed by atoms with Crippen molar-refractivity contribution < 1.29 is 18.0 Å². The van der Waals surface area contributed by atoms with Crippen molar-refractivity contribution in [3.8, 4) is 6.07 Å². The molecule has 0 bridgehead atoms. The number of benzene rings is 1. The number of nitriles is 1. The standard InChI is InChI=1S/C21H19F3N6O/c1-4-12-5-11(8-25)6-14(22)17(12)30(3)19-10(2)15-16(27-9-26-15)18(28-19)29-20(31)13-7-21(13,23)24/h5-6,9,13H,4,7H2,1-3H3,(H,26,27)(H,28,29,31). The molecule has 1 saturated carbocycles. The van der Waals surface area contributed by atoms with E-state index in [1.54, 1.807) is 20.0 Å². The van der Waals surface area contributed by atoms with Crippen molar-refractivity contribution in [1.29, 1.82) is 5.26 Å². The minimum Gasteiger partial charge on any atom is -0.342 e. The number of hydrogen-bond acceptors (Lipinski definition) is 5. The predicted octanol–water partition coefficient (Wildman–Crippen LogP) is 4.20. The Morgan fingerprint density at radius 1 is 1.45 bits per heavy atom. The molecule has 160 valence electrons. The van der Waals surface area contributed by atoms with Gasteiger partial charge in [-0.1, -0.05) is 6.92 Å². The SMILES string of the molecule is CCc1cc(C#N)cc(F)c1N(C)c1nc(NC(=O)C2CC2(F)F)c2[nH]cnc2c1C. The quantitative estimate of drug-likeness (QED) is 0.635. The molecule has 1 unspecified atom stereocenters. The number of pyridine rings is 1. The average molecular weight is 428 g/mol. The zero-order chi connectivity index (χ0) is 22.5. The molecule has 2 N–H and O–H groups in total. The summed E-state index contributed by atoms with van der Waals surface area (Å²) in [5.74, 6) is -5.48. The Morgan fingerprint density at radius 2 is 2.16 bits per heavy atom.